The van der Waals surface area contributed by atoms with Crippen LogP contribution in [0.25, 0.3) is 0 Å². The van der Waals surface area contributed by atoms with E-state index in [0.29, 0.717) is 0 Å². The van der Waals surface area contributed by atoms with Crippen molar-refractivity contribution in [3.05, 3.63) is 6.92 Å². The molecule has 0 fully saturated rings. The normalized spacial score (nSPS) is 12.4. The molecule has 0 amide bonds. The van der Waals surface area contributed by atoms with Crippen molar-refractivity contribution in [2.24, 2.45) is 5.92 Å². The lowest BCUT2D eigenvalue weighted by Gasteiger charge is -2.16. The molecular formula is C34H69. The fourth-order valence-corrected chi connectivity index (χ4v) is 5.59. The van der Waals surface area contributed by atoms with Crippen molar-refractivity contribution in [3.8, 4) is 0 Å². The molecule has 0 aliphatic rings. The van der Waals surface area contributed by atoms with Crippen molar-refractivity contribution in [3.63, 3.8) is 0 Å². The first-order chi connectivity index (χ1) is 16.8. The molecule has 0 bridgehead atoms. The summed E-state index contributed by atoms with van der Waals surface area (Å²) in [4.78, 5) is 0. The minimum Gasteiger partial charge on any atom is -0.0654 e. The summed E-state index contributed by atoms with van der Waals surface area (Å²) in [5.41, 5.74) is 0. The van der Waals surface area contributed by atoms with Crippen LogP contribution in [0.2, 0.25) is 0 Å². The average Bonchev–Trinajstić information content (AvgIpc) is 2.85. The SMILES string of the molecule is [CH2]CCCC(CCCCCCCCCCCCCC)CCCCCCCCCCCCCCC. The highest BCUT2D eigenvalue weighted by atomic mass is 14.1. The van der Waals surface area contributed by atoms with Gasteiger partial charge >= 0.3 is 0 Å². The minimum atomic E-state index is 0.998. The Morgan fingerprint density at radius 3 is 0.824 bits per heavy atom. The molecule has 0 nitrogen and oxygen atoms in total. The molecular weight excluding hydrogens is 408 g/mol. The van der Waals surface area contributed by atoms with E-state index in [4.69, 9.17) is 0 Å². The quantitative estimate of drug-likeness (QED) is 0.0902. The van der Waals surface area contributed by atoms with Crippen molar-refractivity contribution >= 4 is 0 Å². The van der Waals surface area contributed by atoms with Gasteiger partial charge in [-0.1, -0.05) is 213 Å². The molecule has 1 unspecified atom stereocenters. The molecule has 0 heteroatoms. The van der Waals surface area contributed by atoms with Gasteiger partial charge in [0.2, 0.25) is 0 Å². The Morgan fingerprint density at radius 2 is 0.559 bits per heavy atom. The van der Waals surface area contributed by atoms with E-state index < -0.39 is 0 Å². The molecule has 0 heterocycles. The highest BCUT2D eigenvalue weighted by molar-refractivity contribution is 4.62. The standard InChI is InChI=1S/C34H69/c1-4-7-10-12-14-16-18-20-22-24-26-28-30-33-34(31-9-6-3)32-29-27-25-23-21-19-17-15-13-11-8-5-2/h34H,3-33H2,1-2H3. The molecule has 0 aliphatic carbocycles. The summed E-state index contributed by atoms with van der Waals surface area (Å²) in [5, 5.41) is 0. The first-order valence-electron chi connectivity index (χ1n) is 16.6. The Hall–Kier alpha value is 0. The van der Waals surface area contributed by atoms with Crippen LogP contribution in [0.1, 0.15) is 206 Å². The second-order valence-electron chi connectivity index (χ2n) is 11.6. The number of hydrogen-bond donors (Lipinski definition) is 0. The third-order valence-electron chi connectivity index (χ3n) is 8.04. The van der Waals surface area contributed by atoms with E-state index in [-0.39, 0.29) is 0 Å². The van der Waals surface area contributed by atoms with Crippen molar-refractivity contribution in [1.82, 2.24) is 0 Å². The number of rotatable bonds is 30. The highest BCUT2D eigenvalue weighted by Crippen LogP contribution is 2.24. The summed E-state index contributed by atoms with van der Waals surface area (Å²) >= 11 is 0. The Kier molecular flexibility index (Phi) is 31.0. The lowest BCUT2D eigenvalue weighted by atomic mass is 9.90. The van der Waals surface area contributed by atoms with Gasteiger partial charge in [-0.15, -0.1) is 0 Å². The van der Waals surface area contributed by atoms with Crippen LogP contribution in [-0.4, -0.2) is 0 Å². The van der Waals surface area contributed by atoms with Gasteiger partial charge in [-0.3, -0.25) is 0 Å². The van der Waals surface area contributed by atoms with E-state index in [2.05, 4.69) is 20.8 Å². The van der Waals surface area contributed by atoms with Gasteiger partial charge in [0.15, 0.2) is 0 Å². The average molecular weight is 478 g/mol. The zero-order valence-electron chi connectivity index (χ0n) is 24.5. The Morgan fingerprint density at radius 1 is 0.324 bits per heavy atom. The summed E-state index contributed by atoms with van der Waals surface area (Å²) in [6.45, 7) is 8.71. The van der Waals surface area contributed by atoms with E-state index in [9.17, 15) is 0 Å². The van der Waals surface area contributed by atoms with Crippen LogP contribution < -0.4 is 0 Å². The molecule has 0 aliphatic heterocycles. The summed E-state index contributed by atoms with van der Waals surface area (Å²) in [6, 6.07) is 0. The zero-order valence-corrected chi connectivity index (χ0v) is 24.5. The third-order valence-corrected chi connectivity index (χ3v) is 8.04. The monoisotopic (exact) mass is 478 g/mol. The first kappa shape index (κ1) is 34.0. The predicted octanol–water partition coefficient (Wildman–Crippen LogP) is 13.2. The Labute approximate surface area is 219 Å². The fraction of sp³-hybridized carbons (Fsp3) is 0.971. The summed E-state index contributed by atoms with van der Waals surface area (Å²) in [5.74, 6) is 0.998. The van der Waals surface area contributed by atoms with Gasteiger partial charge in [0.1, 0.15) is 0 Å². The van der Waals surface area contributed by atoms with Gasteiger partial charge in [-0.2, -0.15) is 0 Å². The van der Waals surface area contributed by atoms with E-state index >= 15 is 0 Å². The van der Waals surface area contributed by atoms with Gasteiger partial charge in [0.25, 0.3) is 0 Å². The number of unbranched alkanes of at least 4 members (excludes halogenated alkanes) is 24. The second-order valence-corrected chi connectivity index (χ2v) is 11.6. The molecule has 34 heavy (non-hydrogen) atoms. The second kappa shape index (κ2) is 31.0. The maximum Gasteiger partial charge on any atom is -0.0414 e. The molecule has 1 atom stereocenters. The summed E-state index contributed by atoms with van der Waals surface area (Å²) < 4.78 is 0. The van der Waals surface area contributed by atoms with Crippen LogP contribution in [0.5, 0.6) is 0 Å². The van der Waals surface area contributed by atoms with Crippen molar-refractivity contribution in [2.75, 3.05) is 0 Å². The molecule has 0 saturated heterocycles. The third kappa shape index (κ3) is 28.2. The van der Waals surface area contributed by atoms with E-state index in [1.807, 2.05) is 0 Å². The molecule has 0 aromatic heterocycles. The molecule has 0 aromatic carbocycles. The van der Waals surface area contributed by atoms with Crippen molar-refractivity contribution < 1.29 is 0 Å². The summed E-state index contributed by atoms with van der Waals surface area (Å²) in [6.07, 6.45) is 43.6. The largest absolute Gasteiger partial charge is 0.0654 e. The first-order valence-corrected chi connectivity index (χ1v) is 16.6. The van der Waals surface area contributed by atoms with Gasteiger partial charge in [0.05, 0.1) is 0 Å². The maximum atomic E-state index is 4.09. The van der Waals surface area contributed by atoms with Crippen molar-refractivity contribution in [2.45, 2.75) is 206 Å². The van der Waals surface area contributed by atoms with Gasteiger partial charge < -0.3 is 0 Å². The smallest absolute Gasteiger partial charge is 0.0414 e. The molecule has 205 valence electrons. The highest BCUT2D eigenvalue weighted by Gasteiger charge is 2.08. The summed E-state index contributed by atoms with van der Waals surface area (Å²) in [7, 11) is 0. The molecule has 0 saturated carbocycles. The lowest BCUT2D eigenvalue weighted by molar-refractivity contribution is 0.372. The fourth-order valence-electron chi connectivity index (χ4n) is 5.59. The zero-order chi connectivity index (χ0) is 24.8. The number of hydrogen-bond acceptors (Lipinski definition) is 0. The van der Waals surface area contributed by atoms with Crippen LogP contribution in [0, 0.1) is 12.8 Å². The van der Waals surface area contributed by atoms with Gasteiger partial charge in [-0.05, 0) is 5.92 Å². The van der Waals surface area contributed by atoms with Crippen molar-refractivity contribution in [1.29, 1.82) is 0 Å². The Balaban J connectivity index is 3.48. The van der Waals surface area contributed by atoms with E-state index in [1.165, 1.54) is 186 Å². The van der Waals surface area contributed by atoms with Gasteiger partial charge in [0, 0.05) is 0 Å². The molecule has 0 N–H and O–H groups in total. The molecule has 0 aromatic rings. The van der Waals surface area contributed by atoms with Crippen LogP contribution in [0.4, 0.5) is 0 Å². The van der Waals surface area contributed by atoms with E-state index in [0.717, 1.165) is 12.3 Å². The molecule has 0 spiro atoms. The lowest BCUT2D eigenvalue weighted by Crippen LogP contribution is -2.01. The van der Waals surface area contributed by atoms with Crippen LogP contribution in [0.3, 0.4) is 0 Å². The van der Waals surface area contributed by atoms with E-state index in [1.54, 1.807) is 0 Å². The van der Waals surface area contributed by atoms with Crippen LogP contribution in [-0.2, 0) is 0 Å². The molecule has 1 radical (unpaired) electrons. The van der Waals surface area contributed by atoms with Crippen LogP contribution >= 0.6 is 0 Å². The topological polar surface area (TPSA) is 0 Å². The molecule has 0 rings (SSSR count). The minimum absolute atomic E-state index is 0.998. The van der Waals surface area contributed by atoms with Gasteiger partial charge in [-0.25, -0.2) is 0 Å². The maximum absolute atomic E-state index is 4.09. The Bertz CT molecular complexity index is 333. The predicted molar refractivity (Wildman–Crippen MR) is 159 cm³/mol. The van der Waals surface area contributed by atoms with Crippen LogP contribution in [0.15, 0.2) is 0 Å².